The third kappa shape index (κ3) is 4.59. The number of ether oxygens (including phenoxy) is 1. The van der Waals surface area contributed by atoms with Crippen molar-refractivity contribution < 1.29 is 9.53 Å². The summed E-state index contributed by atoms with van der Waals surface area (Å²) in [4.78, 5) is 12.0. The highest BCUT2D eigenvalue weighted by molar-refractivity contribution is 7.15. The molecule has 1 saturated carbocycles. The van der Waals surface area contributed by atoms with E-state index in [2.05, 4.69) is 15.5 Å². The van der Waals surface area contributed by atoms with Crippen LogP contribution in [0, 0.1) is 0 Å². The van der Waals surface area contributed by atoms with Crippen LogP contribution in [0.2, 0.25) is 10.0 Å². The lowest BCUT2D eigenvalue weighted by atomic mass is 9.90. The van der Waals surface area contributed by atoms with Crippen LogP contribution >= 0.6 is 34.5 Å². The number of hydrogen-bond donors (Lipinski definition) is 1. The van der Waals surface area contributed by atoms with E-state index >= 15 is 0 Å². The lowest BCUT2D eigenvalue weighted by Gasteiger charge is -2.18. The molecule has 0 aliphatic heterocycles. The predicted octanol–water partition coefficient (Wildman–Crippen LogP) is 4.91. The summed E-state index contributed by atoms with van der Waals surface area (Å²) >= 11 is 13.3. The fourth-order valence-corrected chi connectivity index (χ4v) is 3.95. The smallest absolute Gasteiger partial charge is 0.264 e. The van der Waals surface area contributed by atoms with E-state index in [1.807, 2.05) is 0 Å². The highest BCUT2D eigenvalue weighted by Gasteiger charge is 2.20. The van der Waals surface area contributed by atoms with E-state index in [0.717, 1.165) is 17.8 Å². The molecular weight excluding hydrogens is 369 g/mol. The largest absolute Gasteiger partial charge is 0.482 e. The Labute approximate surface area is 154 Å². The van der Waals surface area contributed by atoms with Gasteiger partial charge in [-0.15, -0.1) is 10.2 Å². The summed E-state index contributed by atoms with van der Waals surface area (Å²) in [6.45, 7) is -0.168. The molecule has 2 aromatic rings. The SMILES string of the molecule is O=C(COc1cc(Cl)ccc1Cl)Nc1nnc(C2CCCCC2)s1. The second-order valence-electron chi connectivity index (χ2n) is 5.69. The van der Waals surface area contributed by atoms with Gasteiger partial charge in [-0.1, -0.05) is 53.8 Å². The Morgan fingerprint density at radius 2 is 2.04 bits per heavy atom. The lowest BCUT2D eigenvalue weighted by Crippen LogP contribution is -2.20. The van der Waals surface area contributed by atoms with Gasteiger partial charge < -0.3 is 4.74 Å². The number of carbonyl (C=O) groups is 1. The molecule has 0 unspecified atom stereocenters. The van der Waals surface area contributed by atoms with Crippen molar-refractivity contribution in [3.63, 3.8) is 0 Å². The minimum Gasteiger partial charge on any atom is -0.482 e. The number of nitrogens with zero attached hydrogens (tertiary/aromatic N) is 2. The molecule has 1 aliphatic carbocycles. The summed E-state index contributed by atoms with van der Waals surface area (Å²) in [7, 11) is 0. The van der Waals surface area contributed by atoms with Gasteiger partial charge in [0, 0.05) is 17.0 Å². The molecule has 0 spiro atoms. The first-order valence-electron chi connectivity index (χ1n) is 7.83. The second-order valence-corrected chi connectivity index (χ2v) is 7.54. The molecule has 0 bridgehead atoms. The van der Waals surface area contributed by atoms with Gasteiger partial charge in [-0.25, -0.2) is 0 Å². The monoisotopic (exact) mass is 385 g/mol. The molecule has 1 fully saturated rings. The Kier molecular flexibility index (Phi) is 5.92. The molecule has 1 amide bonds. The van der Waals surface area contributed by atoms with Gasteiger partial charge >= 0.3 is 0 Å². The average molecular weight is 386 g/mol. The first-order chi connectivity index (χ1) is 11.6. The van der Waals surface area contributed by atoms with Gasteiger partial charge in [-0.05, 0) is 25.0 Å². The van der Waals surface area contributed by atoms with Crippen molar-refractivity contribution in [3.8, 4) is 5.75 Å². The molecule has 8 heteroatoms. The zero-order valence-corrected chi connectivity index (χ0v) is 15.3. The fraction of sp³-hybridized carbons (Fsp3) is 0.438. The Morgan fingerprint density at radius 1 is 1.25 bits per heavy atom. The minimum atomic E-state index is -0.308. The standard InChI is InChI=1S/C16H17Cl2N3O2S/c17-11-6-7-12(18)13(8-11)23-9-14(22)19-16-21-20-15(24-16)10-4-2-1-3-5-10/h6-8,10H,1-5,9H2,(H,19,21,22). The molecule has 1 aliphatic rings. The van der Waals surface area contributed by atoms with Crippen molar-refractivity contribution in [2.45, 2.75) is 38.0 Å². The number of amides is 1. The van der Waals surface area contributed by atoms with E-state index in [0.29, 0.717) is 26.8 Å². The van der Waals surface area contributed by atoms with Crippen LogP contribution in [0.1, 0.15) is 43.0 Å². The van der Waals surface area contributed by atoms with Crippen LogP contribution in [0.4, 0.5) is 5.13 Å². The molecule has 1 aromatic carbocycles. The van der Waals surface area contributed by atoms with E-state index < -0.39 is 0 Å². The van der Waals surface area contributed by atoms with Crippen LogP contribution in [0.15, 0.2) is 18.2 Å². The maximum absolute atomic E-state index is 12.0. The zero-order chi connectivity index (χ0) is 16.9. The van der Waals surface area contributed by atoms with Crippen LogP contribution in [-0.4, -0.2) is 22.7 Å². The van der Waals surface area contributed by atoms with Crippen molar-refractivity contribution in [2.75, 3.05) is 11.9 Å². The normalized spacial score (nSPS) is 15.2. The number of nitrogens with one attached hydrogen (secondary N) is 1. The third-order valence-electron chi connectivity index (χ3n) is 3.89. The molecule has 1 heterocycles. The van der Waals surface area contributed by atoms with E-state index in [-0.39, 0.29) is 12.5 Å². The Balaban J connectivity index is 1.53. The molecular formula is C16H17Cl2N3O2S. The number of aromatic nitrogens is 2. The Hall–Kier alpha value is -1.37. The number of anilines is 1. The molecule has 128 valence electrons. The number of carbonyl (C=O) groups excluding carboxylic acids is 1. The number of halogens is 2. The quantitative estimate of drug-likeness (QED) is 0.793. The van der Waals surface area contributed by atoms with Crippen molar-refractivity contribution in [2.24, 2.45) is 0 Å². The van der Waals surface area contributed by atoms with Gasteiger partial charge in [0.05, 0.1) is 5.02 Å². The minimum absolute atomic E-state index is 0.168. The molecule has 0 atom stereocenters. The van der Waals surface area contributed by atoms with Crippen LogP contribution in [0.5, 0.6) is 5.75 Å². The van der Waals surface area contributed by atoms with Crippen LogP contribution in [0.3, 0.4) is 0 Å². The molecule has 1 N–H and O–H groups in total. The van der Waals surface area contributed by atoms with E-state index in [1.54, 1.807) is 18.2 Å². The highest BCUT2D eigenvalue weighted by atomic mass is 35.5. The summed E-state index contributed by atoms with van der Waals surface area (Å²) in [6, 6.07) is 4.85. The summed E-state index contributed by atoms with van der Waals surface area (Å²) in [5.41, 5.74) is 0. The van der Waals surface area contributed by atoms with Gasteiger partial charge in [0.1, 0.15) is 10.8 Å². The Bertz CT molecular complexity index is 717. The van der Waals surface area contributed by atoms with E-state index in [4.69, 9.17) is 27.9 Å². The van der Waals surface area contributed by atoms with Crippen molar-refractivity contribution in [3.05, 3.63) is 33.3 Å². The van der Waals surface area contributed by atoms with Crippen LogP contribution in [-0.2, 0) is 4.79 Å². The predicted molar refractivity (Wildman–Crippen MR) is 96.3 cm³/mol. The fourth-order valence-electron chi connectivity index (χ4n) is 2.69. The molecule has 0 saturated heterocycles. The van der Waals surface area contributed by atoms with Crippen LogP contribution in [0.25, 0.3) is 0 Å². The van der Waals surface area contributed by atoms with Gasteiger partial charge in [0.25, 0.3) is 5.91 Å². The maximum atomic E-state index is 12.0. The van der Waals surface area contributed by atoms with Crippen molar-refractivity contribution >= 4 is 45.6 Å². The summed E-state index contributed by atoms with van der Waals surface area (Å²) in [5.74, 6) is 0.542. The van der Waals surface area contributed by atoms with Gasteiger partial charge in [0.15, 0.2) is 6.61 Å². The molecule has 1 aromatic heterocycles. The first kappa shape index (κ1) is 17.5. The van der Waals surface area contributed by atoms with Crippen molar-refractivity contribution in [1.29, 1.82) is 0 Å². The Morgan fingerprint density at radius 3 is 2.83 bits per heavy atom. The van der Waals surface area contributed by atoms with Gasteiger partial charge in [0.2, 0.25) is 5.13 Å². The third-order valence-corrected chi connectivity index (χ3v) is 5.44. The number of rotatable bonds is 5. The number of hydrogen-bond acceptors (Lipinski definition) is 5. The zero-order valence-electron chi connectivity index (χ0n) is 12.9. The highest BCUT2D eigenvalue weighted by Crippen LogP contribution is 2.35. The van der Waals surface area contributed by atoms with Gasteiger partial charge in [-0.3, -0.25) is 10.1 Å². The van der Waals surface area contributed by atoms with E-state index in [1.165, 1.54) is 30.6 Å². The summed E-state index contributed by atoms with van der Waals surface area (Å²) < 4.78 is 5.40. The molecule has 24 heavy (non-hydrogen) atoms. The van der Waals surface area contributed by atoms with Gasteiger partial charge in [-0.2, -0.15) is 0 Å². The molecule has 3 rings (SSSR count). The summed E-state index contributed by atoms with van der Waals surface area (Å²) in [6.07, 6.45) is 6.07. The maximum Gasteiger partial charge on any atom is 0.264 e. The van der Waals surface area contributed by atoms with Crippen molar-refractivity contribution in [1.82, 2.24) is 10.2 Å². The topological polar surface area (TPSA) is 64.1 Å². The molecule has 0 radical (unpaired) electrons. The summed E-state index contributed by atoms with van der Waals surface area (Å²) in [5, 5.41) is 13.4. The lowest BCUT2D eigenvalue weighted by molar-refractivity contribution is -0.118. The van der Waals surface area contributed by atoms with Crippen LogP contribution < -0.4 is 10.1 Å². The molecule has 5 nitrogen and oxygen atoms in total. The number of benzene rings is 1. The van der Waals surface area contributed by atoms with E-state index in [9.17, 15) is 4.79 Å². The first-order valence-corrected chi connectivity index (χ1v) is 9.40. The average Bonchev–Trinajstić information content (AvgIpc) is 3.05. The second kappa shape index (κ2) is 8.14.